The number of halogens is 2. The van der Waals surface area contributed by atoms with E-state index >= 15 is 0 Å². The van der Waals surface area contributed by atoms with Crippen LogP contribution in [0.25, 0.3) is 11.0 Å². The summed E-state index contributed by atoms with van der Waals surface area (Å²) in [5.41, 5.74) is 2.49. The lowest BCUT2D eigenvalue weighted by atomic mass is 9.97. The number of carbonyl (C=O) groups is 1. The molecule has 3 aromatic carbocycles. The molecule has 0 aliphatic carbocycles. The highest BCUT2D eigenvalue weighted by Crippen LogP contribution is 2.44. The zero-order valence-corrected chi connectivity index (χ0v) is 23.7. The van der Waals surface area contributed by atoms with Crippen LogP contribution in [-0.2, 0) is 0 Å². The first kappa shape index (κ1) is 26.3. The zero-order chi connectivity index (χ0) is 27.0. The minimum absolute atomic E-state index is 0.0189. The van der Waals surface area contributed by atoms with E-state index in [1.54, 1.807) is 36.3 Å². The Kier molecular flexibility index (Phi) is 7.50. The third-order valence-electron chi connectivity index (χ3n) is 6.77. The molecule has 2 heterocycles. The molecular formula is C30H27BrClNO5. The summed E-state index contributed by atoms with van der Waals surface area (Å²) in [5.74, 6) is 0.738. The van der Waals surface area contributed by atoms with Crippen LogP contribution in [0, 0.1) is 6.92 Å². The predicted molar refractivity (Wildman–Crippen MR) is 153 cm³/mol. The van der Waals surface area contributed by atoms with Crippen LogP contribution in [0.5, 0.6) is 11.5 Å². The summed E-state index contributed by atoms with van der Waals surface area (Å²) in [6.45, 7) is 4.61. The Hall–Kier alpha value is -3.29. The van der Waals surface area contributed by atoms with Crippen LogP contribution in [0.15, 0.2) is 68.3 Å². The molecule has 6 nitrogen and oxygen atoms in total. The number of rotatable bonds is 8. The molecule has 1 amide bonds. The lowest BCUT2D eigenvalue weighted by molar-refractivity contribution is 0.0971. The molecular weight excluding hydrogens is 570 g/mol. The molecule has 0 radical (unpaired) electrons. The summed E-state index contributed by atoms with van der Waals surface area (Å²) in [7, 11) is 1.57. The molecule has 0 fully saturated rings. The van der Waals surface area contributed by atoms with Gasteiger partial charge in [-0.25, -0.2) is 0 Å². The van der Waals surface area contributed by atoms with E-state index in [1.165, 1.54) is 0 Å². The van der Waals surface area contributed by atoms with Gasteiger partial charge >= 0.3 is 0 Å². The number of amides is 1. The first-order chi connectivity index (χ1) is 18.3. The van der Waals surface area contributed by atoms with Gasteiger partial charge in [-0.15, -0.1) is 0 Å². The molecule has 0 saturated carbocycles. The highest BCUT2D eigenvalue weighted by Gasteiger charge is 2.44. The van der Waals surface area contributed by atoms with Gasteiger partial charge in [-0.05, 0) is 66.9 Å². The molecule has 0 spiro atoms. The van der Waals surface area contributed by atoms with E-state index in [2.05, 4.69) is 22.9 Å². The number of unbranched alkanes of at least 4 members (excludes halogenated alkanes) is 2. The van der Waals surface area contributed by atoms with E-state index in [0.29, 0.717) is 45.3 Å². The molecule has 0 N–H and O–H groups in total. The van der Waals surface area contributed by atoms with Crippen molar-refractivity contribution in [3.8, 4) is 11.5 Å². The molecule has 1 aliphatic heterocycles. The van der Waals surface area contributed by atoms with Crippen LogP contribution in [0.4, 0.5) is 5.69 Å². The molecule has 38 heavy (non-hydrogen) atoms. The average molecular weight is 597 g/mol. The molecule has 5 rings (SSSR count). The van der Waals surface area contributed by atoms with Gasteiger partial charge in [0.15, 0.2) is 16.9 Å². The lowest BCUT2D eigenvalue weighted by Crippen LogP contribution is -2.29. The van der Waals surface area contributed by atoms with Crippen molar-refractivity contribution < 1.29 is 18.7 Å². The zero-order valence-electron chi connectivity index (χ0n) is 21.3. The van der Waals surface area contributed by atoms with Crippen LogP contribution in [0.2, 0.25) is 5.02 Å². The number of carbonyl (C=O) groups excluding carboxylic acids is 1. The van der Waals surface area contributed by atoms with Crippen molar-refractivity contribution in [2.24, 2.45) is 0 Å². The van der Waals surface area contributed by atoms with Gasteiger partial charge < -0.3 is 13.9 Å². The van der Waals surface area contributed by atoms with Gasteiger partial charge in [-0.1, -0.05) is 59.4 Å². The maximum absolute atomic E-state index is 13.9. The Balaban J connectivity index is 1.69. The predicted octanol–water partition coefficient (Wildman–Crippen LogP) is 7.84. The van der Waals surface area contributed by atoms with Crippen molar-refractivity contribution in [2.45, 2.75) is 39.2 Å². The Labute approximate surface area is 234 Å². The van der Waals surface area contributed by atoms with Crippen LogP contribution in [-0.4, -0.2) is 19.6 Å². The number of benzene rings is 3. The largest absolute Gasteiger partial charge is 0.493 e. The molecule has 1 aromatic heterocycles. The van der Waals surface area contributed by atoms with E-state index in [-0.39, 0.29) is 16.8 Å². The smallest absolute Gasteiger partial charge is 0.295 e. The Morgan fingerprint density at radius 3 is 2.58 bits per heavy atom. The summed E-state index contributed by atoms with van der Waals surface area (Å²) in [6.07, 6.45) is 3.12. The van der Waals surface area contributed by atoms with E-state index in [1.807, 2.05) is 37.3 Å². The van der Waals surface area contributed by atoms with Crippen molar-refractivity contribution >= 4 is 50.1 Å². The van der Waals surface area contributed by atoms with Gasteiger partial charge in [0.25, 0.3) is 5.91 Å². The number of hydrogen-bond acceptors (Lipinski definition) is 5. The monoisotopic (exact) mass is 595 g/mol. The second-order valence-electron chi connectivity index (χ2n) is 9.29. The fourth-order valence-electron chi connectivity index (χ4n) is 4.77. The highest BCUT2D eigenvalue weighted by atomic mass is 79.9. The second-order valence-corrected chi connectivity index (χ2v) is 10.6. The first-order valence-corrected chi connectivity index (χ1v) is 13.7. The molecule has 1 atom stereocenters. The summed E-state index contributed by atoms with van der Waals surface area (Å²) in [5, 5.41) is 0.911. The molecule has 0 saturated heterocycles. The standard InChI is InChI=1S/C30H27BrClNO5/c1-4-5-6-13-37-24-11-8-18(14-25(24)36-3)27-26-28(34)21-15-19(31)9-12-23(21)38-29(26)30(35)33(27)20-10-7-17(2)22(32)16-20/h7-12,14-16,27H,4-6,13H2,1-3H3. The summed E-state index contributed by atoms with van der Waals surface area (Å²) >= 11 is 9.89. The number of methoxy groups -OCH3 is 1. The number of fused-ring (bicyclic) bond motifs is 2. The van der Waals surface area contributed by atoms with Gasteiger partial charge in [0, 0.05) is 15.2 Å². The first-order valence-electron chi connectivity index (χ1n) is 12.5. The van der Waals surface area contributed by atoms with E-state index in [9.17, 15) is 9.59 Å². The Bertz CT molecular complexity index is 1600. The highest BCUT2D eigenvalue weighted by molar-refractivity contribution is 9.10. The van der Waals surface area contributed by atoms with Gasteiger partial charge in [-0.2, -0.15) is 0 Å². The maximum atomic E-state index is 13.9. The van der Waals surface area contributed by atoms with Gasteiger partial charge in [-0.3, -0.25) is 14.5 Å². The minimum atomic E-state index is -0.751. The SMILES string of the molecule is CCCCCOc1ccc(C2c3c(oc4ccc(Br)cc4c3=O)C(=O)N2c2ccc(C)c(Cl)c2)cc1OC. The summed E-state index contributed by atoms with van der Waals surface area (Å²) in [6, 6.07) is 15.3. The topological polar surface area (TPSA) is 69.0 Å². The quantitative estimate of drug-likeness (QED) is 0.194. The Morgan fingerprint density at radius 1 is 1.03 bits per heavy atom. The minimum Gasteiger partial charge on any atom is -0.493 e. The molecule has 8 heteroatoms. The molecule has 4 aromatic rings. The number of anilines is 1. The third-order valence-corrected chi connectivity index (χ3v) is 7.68. The summed E-state index contributed by atoms with van der Waals surface area (Å²) in [4.78, 5) is 29.3. The van der Waals surface area contributed by atoms with Crippen molar-refractivity contribution in [3.63, 3.8) is 0 Å². The fraction of sp³-hybridized carbons (Fsp3) is 0.267. The average Bonchev–Trinajstić information content (AvgIpc) is 3.21. The summed E-state index contributed by atoms with van der Waals surface area (Å²) < 4.78 is 18.4. The normalized spacial score (nSPS) is 14.7. The van der Waals surface area contributed by atoms with Crippen molar-refractivity contribution in [3.05, 3.63) is 96.8 Å². The van der Waals surface area contributed by atoms with Gasteiger partial charge in [0.1, 0.15) is 5.58 Å². The van der Waals surface area contributed by atoms with E-state index in [4.69, 9.17) is 25.5 Å². The fourth-order valence-corrected chi connectivity index (χ4v) is 5.30. The van der Waals surface area contributed by atoms with Gasteiger partial charge in [0.05, 0.1) is 30.7 Å². The van der Waals surface area contributed by atoms with Crippen LogP contribution in [0.1, 0.15) is 59.5 Å². The van der Waals surface area contributed by atoms with E-state index < -0.39 is 11.9 Å². The van der Waals surface area contributed by atoms with E-state index in [0.717, 1.165) is 29.3 Å². The number of hydrogen-bond donors (Lipinski definition) is 0. The van der Waals surface area contributed by atoms with Crippen LogP contribution in [0.3, 0.4) is 0 Å². The number of nitrogens with zero attached hydrogens (tertiary/aromatic N) is 1. The lowest BCUT2D eigenvalue weighted by Gasteiger charge is -2.26. The molecule has 196 valence electrons. The van der Waals surface area contributed by atoms with Gasteiger partial charge in [0.2, 0.25) is 5.76 Å². The molecule has 0 bridgehead atoms. The maximum Gasteiger partial charge on any atom is 0.295 e. The second kappa shape index (κ2) is 10.8. The van der Waals surface area contributed by atoms with Crippen molar-refractivity contribution in [1.29, 1.82) is 0 Å². The number of aryl methyl sites for hydroxylation is 1. The van der Waals surface area contributed by atoms with Crippen molar-refractivity contribution in [1.82, 2.24) is 0 Å². The Morgan fingerprint density at radius 2 is 1.84 bits per heavy atom. The molecule has 1 aliphatic rings. The van der Waals surface area contributed by atoms with Crippen LogP contribution >= 0.6 is 27.5 Å². The van der Waals surface area contributed by atoms with Crippen LogP contribution < -0.4 is 19.8 Å². The molecule has 1 unspecified atom stereocenters. The van der Waals surface area contributed by atoms with Crippen molar-refractivity contribution in [2.75, 3.05) is 18.6 Å². The number of ether oxygens (including phenoxy) is 2. The third kappa shape index (κ3) is 4.69.